The van der Waals surface area contributed by atoms with E-state index in [1.54, 1.807) is 24.3 Å². The molecular formula is C36H50O5. The van der Waals surface area contributed by atoms with Gasteiger partial charge in [0.2, 0.25) is 0 Å². The van der Waals surface area contributed by atoms with E-state index in [1.165, 1.54) is 25.4 Å². The fraction of sp³-hybridized carbons (Fsp3) is 0.528. The summed E-state index contributed by atoms with van der Waals surface area (Å²) in [5.74, 6) is -1.33. The van der Waals surface area contributed by atoms with Crippen molar-refractivity contribution < 1.29 is 23.9 Å². The average molecular weight is 563 g/mol. The van der Waals surface area contributed by atoms with Crippen molar-refractivity contribution in [1.29, 1.82) is 0 Å². The number of hydrogen-bond acceptors (Lipinski definition) is 5. The van der Waals surface area contributed by atoms with Crippen LogP contribution in [-0.2, 0) is 23.9 Å². The fourth-order valence-corrected chi connectivity index (χ4v) is 4.69. The molecule has 0 fully saturated rings. The van der Waals surface area contributed by atoms with Crippen molar-refractivity contribution in [3.8, 4) is 0 Å². The first kappa shape index (κ1) is 34.0. The van der Waals surface area contributed by atoms with E-state index in [0.717, 1.165) is 12.0 Å². The van der Waals surface area contributed by atoms with Gasteiger partial charge in [-0.25, -0.2) is 9.59 Å². The molecule has 41 heavy (non-hydrogen) atoms. The molecule has 0 aromatic carbocycles. The van der Waals surface area contributed by atoms with Gasteiger partial charge in [-0.3, -0.25) is 4.79 Å². The van der Waals surface area contributed by atoms with Crippen LogP contribution in [0.15, 0.2) is 81.0 Å². The van der Waals surface area contributed by atoms with Crippen LogP contribution in [0.1, 0.15) is 89.5 Å². The number of ether oxygens (including phenoxy) is 2. The highest BCUT2D eigenvalue weighted by Gasteiger charge is 2.34. The Labute approximate surface area is 247 Å². The zero-order valence-corrected chi connectivity index (χ0v) is 27.7. The summed E-state index contributed by atoms with van der Waals surface area (Å²) in [6.45, 7) is 25.0. The Kier molecular flexibility index (Phi) is 9.91. The molecule has 2 rings (SSSR count). The molecule has 0 atom stereocenters. The molecule has 0 saturated heterocycles. The van der Waals surface area contributed by atoms with Gasteiger partial charge in [0, 0.05) is 11.1 Å². The topological polar surface area (TPSA) is 69.7 Å². The molecule has 2 aliphatic carbocycles. The lowest BCUT2D eigenvalue weighted by Gasteiger charge is -2.33. The number of allylic oxidation sites excluding steroid dienone is 10. The smallest absolute Gasteiger partial charge is 0.338 e. The minimum Gasteiger partial charge on any atom is -0.465 e. The molecule has 0 N–H and O–H groups in total. The van der Waals surface area contributed by atoms with Crippen LogP contribution in [0.5, 0.6) is 0 Å². The molecule has 0 spiro atoms. The predicted octanol–water partition coefficient (Wildman–Crippen LogP) is 8.36. The van der Waals surface area contributed by atoms with Gasteiger partial charge in [-0.1, -0.05) is 106 Å². The lowest BCUT2D eigenvalue weighted by molar-refractivity contribution is -0.138. The predicted molar refractivity (Wildman–Crippen MR) is 167 cm³/mol. The van der Waals surface area contributed by atoms with Gasteiger partial charge in [-0.2, -0.15) is 0 Å². The molecule has 2 aliphatic rings. The molecule has 0 radical (unpaired) electrons. The maximum atomic E-state index is 13.5. The third-order valence-corrected chi connectivity index (χ3v) is 7.44. The number of ketones is 1. The zero-order chi connectivity index (χ0) is 31.7. The highest BCUT2D eigenvalue weighted by molar-refractivity contribution is 6.12. The third kappa shape index (κ3) is 8.40. The first-order valence-corrected chi connectivity index (χ1v) is 14.3. The summed E-state index contributed by atoms with van der Waals surface area (Å²) in [6.07, 6.45) is 12.0. The van der Waals surface area contributed by atoms with E-state index >= 15 is 0 Å². The molecule has 0 saturated carbocycles. The Morgan fingerprint density at radius 2 is 0.902 bits per heavy atom. The summed E-state index contributed by atoms with van der Waals surface area (Å²) < 4.78 is 10.3. The van der Waals surface area contributed by atoms with E-state index in [1.807, 2.05) is 41.5 Å². The van der Waals surface area contributed by atoms with Crippen LogP contribution in [0.3, 0.4) is 0 Å². The van der Waals surface area contributed by atoms with Crippen molar-refractivity contribution in [3.63, 3.8) is 0 Å². The monoisotopic (exact) mass is 562 g/mol. The number of rotatable bonds is 4. The molecule has 0 aromatic rings. The van der Waals surface area contributed by atoms with E-state index < -0.39 is 22.8 Å². The highest BCUT2D eigenvalue weighted by Crippen LogP contribution is 2.42. The number of Topliss-reactive ketones (excluding diaryl/α,β-unsaturated/α-hetero) is 1. The second-order valence-electron chi connectivity index (χ2n) is 15.1. The summed E-state index contributed by atoms with van der Waals surface area (Å²) in [6, 6.07) is 0. The Morgan fingerprint density at radius 1 is 0.585 bits per heavy atom. The van der Waals surface area contributed by atoms with Gasteiger partial charge in [0.25, 0.3) is 0 Å². The number of hydrogen-bond donors (Lipinski definition) is 0. The first-order valence-electron chi connectivity index (χ1n) is 14.3. The summed E-state index contributed by atoms with van der Waals surface area (Å²) in [4.78, 5) is 40.0. The van der Waals surface area contributed by atoms with Crippen molar-refractivity contribution in [2.45, 2.75) is 89.5 Å². The lowest BCUT2D eigenvalue weighted by atomic mass is 9.71. The summed E-state index contributed by atoms with van der Waals surface area (Å²) in [5, 5.41) is 0. The van der Waals surface area contributed by atoms with Gasteiger partial charge in [-0.05, 0) is 63.5 Å². The number of carbonyl (C=O) groups is 3. The first-order chi connectivity index (χ1) is 18.5. The SMILES string of the molecule is COC(=O)/C(C=C1C=C(C(C)(C)C)CC(C(C)(C)C)=C1)=C(\C=C1C=C(C(C)(C)C)C(=O)C(C(C)(C)C)=C1)C(=O)OC. The average Bonchev–Trinajstić information content (AvgIpc) is 2.83. The summed E-state index contributed by atoms with van der Waals surface area (Å²) in [7, 11) is 2.58. The van der Waals surface area contributed by atoms with E-state index in [2.05, 4.69) is 53.7 Å². The normalized spacial score (nSPS) is 17.6. The van der Waals surface area contributed by atoms with Crippen LogP contribution < -0.4 is 0 Å². The molecule has 224 valence electrons. The van der Waals surface area contributed by atoms with E-state index in [4.69, 9.17) is 9.47 Å². The van der Waals surface area contributed by atoms with Crippen molar-refractivity contribution in [3.05, 3.63) is 81.0 Å². The largest absolute Gasteiger partial charge is 0.465 e. The molecule has 0 amide bonds. The maximum Gasteiger partial charge on any atom is 0.338 e. The van der Waals surface area contributed by atoms with E-state index in [0.29, 0.717) is 16.7 Å². The van der Waals surface area contributed by atoms with E-state index in [-0.39, 0.29) is 27.8 Å². The van der Waals surface area contributed by atoms with Crippen molar-refractivity contribution in [1.82, 2.24) is 0 Å². The van der Waals surface area contributed by atoms with Gasteiger partial charge >= 0.3 is 11.9 Å². The van der Waals surface area contributed by atoms with Gasteiger partial charge in [0.05, 0.1) is 25.4 Å². The van der Waals surface area contributed by atoms with Gasteiger partial charge in [-0.15, -0.1) is 0 Å². The third-order valence-electron chi connectivity index (χ3n) is 7.44. The molecule has 5 nitrogen and oxygen atoms in total. The zero-order valence-electron chi connectivity index (χ0n) is 27.7. The molecule has 0 aromatic heterocycles. The Morgan fingerprint density at radius 3 is 1.17 bits per heavy atom. The highest BCUT2D eigenvalue weighted by atomic mass is 16.5. The van der Waals surface area contributed by atoms with Crippen LogP contribution in [0, 0.1) is 21.7 Å². The quantitative estimate of drug-likeness (QED) is 0.254. The number of esters is 2. The van der Waals surface area contributed by atoms with Crippen LogP contribution in [-0.4, -0.2) is 31.9 Å². The molecule has 0 aliphatic heterocycles. The second-order valence-corrected chi connectivity index (χ2v) is 15.1. The summed E-state index contributed by atoms with van der Waals surface area (Å²) >= 11 is 0. The van der Waals surface area contributed by atoms with Crippen molar-refractivity contribution >= 4 is 17.7 Å². The standard InChI is InChI=1S/C36H50O5/c1-33(2,3)24-15-22(16-25(21-24)34(4,5)6)17-26(31(38)40-13)27(32(39)41-14)18-23-19-28(35(7,8)9)30(37)29(20-23)36(10,11)12/h15-20H,21H2,1-14H3/b27-26+. The van der Waals surface area contributed by atoms with Gasteiger partial charge in [0.15, 0.2) is 5.78 Å². The minimum atomic E-state index is -0.668. The van der Waals surface area contributed by atoms with Crippen molar-refractivity contribution in [2.24, 2.45) is 21.7 Å². The van der Waals surface area contributed by atoms with Crippen LogP contribution >= 0.6 is 0 Å². The number of carbonyl (C=O) groups excluding carboxylic acids is 3. The van der Waals surface area contributed by atoms with Crippen LogP contribution in [0.2, 0.25) is 0 Å². The Hall–Kier alpha value is -3.21. The fourth-order valence-electron chi connectivity index (χ4n) is 4.69. The molecule has 0 unspecified atom stereocenters. The Bertz CT molecular complexity index is 1250. The summed E-state index contributed by atoms with van der Waals surface area (Å²) in [5.41, 5.74) is 4.34. The van der Waals surface area contributed by atoms with Crippen LogP contribution in [0.25, 0.3) is 0 Å². The van der Waals surface area contributed by atoms with Gasteiger partial charge < -0.3 is 9.47 Å². The molecule has 0 bridgehead atoms. The second kappa shape index (κ2) is 12.0. The molecule has 5 heteroatoms. The lowest BCUT2D eigenvalue weighted by Crippen LogP contribution is -2.28. The van der Waals surface area contributed by atoms with Gasteiger partial charge in [0.1, 0.15) is 0 Å². The maximum absolute atomic E-state index is 13.5. The molecular weight excluding hydrogens is 512 g/mol. The molecule has 0 heterocycles. The minimum absolute atomic E-state index is 0.0112. The van der Waals surface area contributed by atoms with Crippen molar-refractivity contribution in [2.75, 3.05) is 14.2 Å². The van der Waals surface area contributed by atoms with E-state index in [9.17, 15) is 14.4 Å². The van der Waals surface area contributed by atoms with Crippen LogP contribution in [0.4, 0.5) is 0 Å². The Balaban J connectivity index is 3.00. The number of methoxy groups -OCH3 is 2.